The summed E-state index contributed by atoms with van der Waals surface area (Å²) in [6.45, 7) is 2.19. The van der Waals surface area contributed by atoms with Gasteiger partial charge < -0.3 is 9.30 Å². The topological polar surface area (TPSA) is 86.4 Å². The number of aryl methyl sites for hydroxylation is 1. The van der Waals surface area contributed by atoms with Crippen LogP contribution in [0.4, 0.5) is 0 Å². The minimum Gasteiger partial charge on any atom is -0.451 e. The van der Waals surface area contributed by atoms with Crippen molar-refractivity contribution < 1.29 is 14.3 Å². The summed E-state index contributed by atoms with van der Waals surface area (Å²) in [6, 6.07) is 8.15. The predicted molar refractivity (Wildman–Crippen MR) is 95.5 cm³/mol. The first-order chi connectivity index (χ1) is 12.6. The minimum atomic E-state index is -0.708. The second-order valence-corrected chi connectivity index (χ2v) is 6.34. The normalized spacial score (nSPS) is 11.3. The number of ether oxygens (including phenoxy) is 1. The van der Waals surface area contributed by atoms with E-state index in [4.69, 9.17) is 4.74 Å². The van der Waals surface area contributed by atoms with Crippen LogP contribution in [-0.4, -0.2) is 33.0 Å². The molecule has 1 amide bonds. The number of esters is 1. The van der Waals surface area contributed by atoms with Crippen molar-refractivity contribution in [2.75, 3.05) is 6.61 Å². The summed E-state index contributed by atoms with van der Waals surface area (Å²) in [7, 11) is 0. The lowest BCUT2D eigenvalue weighted by molar-refractivity contribution is -0.121. The van der Waals surface area contributed by atoms with Crippen LogP contribution in [0, 0.1) is 6.92 Å². The maximum absolute atomic E-state index is 12.0. The van der Waals surface area contributed by atoms with E-state index >= 15 is 0 Å². The van der Waals surface area contributed by atoms with Gasteiger partial charge in [0.2, 0.25) is 0 Å². The molecular weight excluding hydrogens is 352 g/mol. The molecule has 0 aliphatic carbocycles. The summed E-state index contributed by atoms with van der Waals surface area (Å²) in [4.78, 5) is 35.9. The SMILES string of the molecule is Cc1ccc(Cn2ccsc2=NC(=O)COC(=O)c2cnccn2)cc1. The first-order valence-corrected chi connectivity index (χ1v) is 8.70. The van der Waals surface area contributed by atoms with Crippen molar-refractivity contribution in [2.45, 2.75) is 13.5 Å². The first-order valence-electron chi connectivity index (χ1n) is 7.82. The van der Waals surface area contributed by atoms with Gasteiger partial charge >= 0.3 is 5.97 Å². The van der Waals surface area contributed by atoms with Crippen LogP contribution in [0.2, 0.25) is 0 Å². The molecule has 0 aliphatic rings. The fraction of sp³-hybridized carbons (Fsp3) is 0.167. The Morgan fingerprint density at radius 2 is 2.04 bits per heavy atom. The summed E-state index contributed by atoms with van der Waals surface area (Å²) >= 11 is 1.34. The van der Waals surface area contributed by atoms with Gasteiger partial charge in [-0.1, -0.05) is 29.8 Å². The number of thiazole rings is 1. The van der Waals surface area contributed by atoms with Crippen LogP contribution in [0.1, 0.15) is 21.6 Å². The molecule has 0 unspecified atom stereocenters. The molecule has 7 nitrogen and oxygen atoms in total. The molecule has 2 aromatic heterocycles. The maximum Gasteiger partial charge on any atom is 0.359 e. The lowest BCUT2D eigenvalue weighted by atomic mass is 10.1. The zero-order chi connectivity index (χ0) is 18.4. The van der Waals surface area contributed by atoms with Crippen molar-refractivity contribution in [3.8, 4) is 0 Å². The summed E-state index contributed by atoms with van der Waals surface area (Å²) in [5.41, 5.74) is 2.34. The Balaban J connectivity index is 1.64. The average molecular weight is 368 g/mol. The number of benzene rings is 1. The Labute approximate surface area is 153 Å². The van der Waals surface area contributed by atoms with Crippen LogP contribution >= 0.6 is 11.3 Å². The molecule has 0 bridgehead atoms. The van der Waals surface area contributed by atoms with E-state index in [1.165, 1.54) is 35.5 Å². The van der Waals surface area contributed by atoms with Crippen molar-refractivity contribution in [3.05, 3.63) is 76.1 Å². The molecule has 0 spiro atoms. The second kappa shape index (κ2) is 8.30. The number of carbonyl (C=O) groups excluding carboxylic acids is 2. The van der Waals surface area contributed by atoms with Crippen LogP contribution in [0.3, 0.4) is 0 Å². The van der Waals surface area contributed by atoms with Crippen LogP contribution in [-0.2, 0) is 16.1 Å². The largest absolute Gasteiger partial charge is 0.451 e. The van der Waals surface area contributed by atoms with Gasteiger partial charge in [-0.05, 0) is 12.5 Å². The fourth-order valence-corrected chi connectivity index (χ4v) is 2.89. The summed E-state index contributed by atoms with van der Waals surface area (Å²) in [5, 5.41) is 1.85. The highest BCUT2D eigenvalue weighted by molar-refractivity contribution is 7.07. The van der Waals surface area contributed by atoms with Gasteiger partial charge in [0.15, 0.2) is 17.1 Å². The number of hydrogen-bond acceptors (Lipinski definition) is 6. The number of hydrogen-bond donors (Lipinski definition) is 0. The highest BCUT2D eigenvalue weighted by Gasteiger charge is 2.11. The Morgan fingerprint density at radius 3 is 2.77 bits per heavy atom. The van der Waals surface area contributed by atoms with E-state index in [-0.39, 0.29) is 5.69 Å². The number of rotatable bonds is 5. The van der Waals surface area contributed by atoms with Crippen LogP contribution < -0.4 is 4.80 Å². The molecule has 26 heavy (non-hydrogen) atoms. The predicted octanol–water partition coefficient (Wildman–Crippen LogP) is 1.98. The molecule has 0 N–H and O–H groups in total. The van der Waals surface area contributed by atoms with Gasteiger partial charge in [0.05, 0.1) is 6.20 Å². The Morgan fingerprint density at radius 1 is 1.23 bits per heavy atom. The van der Waals surface area contributed by atoms with Gasteiger partial charge in [-0.15, -0.1) is 11.3 Å². The van der Waals surface area contributed by atoms with Gasteiger partial charge in [-0.2, -0.15) is 4.99 Å². The highest BCUT2D eigenvalue weighted by atomic mass is 32.1. The third-order valence-corrected chi connectivity index (χ3v) is 4.25. The molecule has 1 aromatic carbocycles. The Kier molecular flexibility index (Phi) is 5.65. The molecule has 0 saturated carbocycles. The van der Waals surface area contributed by atoms with Gasteiger partial charge in [-0.3, -0.25) is 9.78 Å². The lowest BCUT2D eigenvalue weighted by Crippen LogP contribution is -2.20. The maximum atomic E-state index is 12.0. The van der Waals surface area contributed by atoms with E-state index in [0.29, 0.717) is 11.3 Å². The molecule has 2 heterocycles. The van der Waals surface area contributed by atoms with E-state index in [0.717, 1.165) is 5.56 Å². The van der Waals surface area contributed by atoms with Crippen molar-refractivity contribution >= 4 is 23.2 Å². The van der Waals surface area contributed by atoms with Gasteiger partial charge in [0.1, 0.15) is 0 Å². The molecule has 132 valence electrons. The Bertz CT molecular complexity index is 962. The quantitative estimate of drug-likeness (QED) is 0.643. The number of amides is 1. The molecule has 0 aliphatic heterocycles. The smallest absolute Gasteiger partial charge is 0.359 e. The third-order valence-electron chi connectivity index (χ3n) is 3.45. The molecule has 3 rings (SSSR count). The van der Waals surface area contributed by atoms with Crippen LogP contribution in [0.25, 0.3) is 0 Å². The minimum absolute atomic E-state index is 0.0471. The molecule has 0 atom stereocenters. The van der Waals surface area contributed by atoms with Crippen molar-refractivity contribution in [1.82, 2.24) is 14.5 Å². The lowest BCUT2D eigenvalue weighted by Gasteiger charge is -2.04. The summed E-state index contributed by atoms with van der Waals surface area (Å²) < 4.78 is 6.79. The zero-order valence-electron chi connectivity index (χ0n) is 14.0. The Hall–Kier alpha value is -3.13. The standard InChI is InChI=1S/C18H16N4O3S/c1-13-2-4-14(5-3-13)11-22-8-9-26-18(22)21-16(23)12-25-17(24)15-10-19-6-7-20-15/h2-10H,11-12H2,1H3. The third kappa shape index (κ3) is 4.70. The molecule has 0 fully saturated rings. The number of carbonyl (C=O) groups is 2. The van der Waals surface area contributed by atoms with Crippen molar-refractivity contribution in [3.63, 3.8) is 0 Å². The zero-order valence-corrected chi connectivity index (χ0v) is 14.8. The second-order valence-electron chi connectivity index (χ2n) is 5.47. The first kappa shape index (κ1) is 17.7. The van der Waals surface area contributed by atoms with Gasteiger partial charge in [0, 0.05) is 30.5 Å². The molecule has 3 aromatic rings. The summed E-state index contributed by atoms with van der Waals surface area (Å²) in [5.74, 6) is -1.25. The van der Waals surface area contributed by atoms with Crippen molar-refractivity contribution in [2.24, 2.45) is 4.99 Å². The van der Waals surface area contributed by atoms with E-state index < -0.39 is 18.5 Å². The van der Waals surface area contributed by atoms with E-state index in [1.54, 1.807) is 0 Å². The van der Waals surface area contributed by atoms with Gasteiger partial charge in [0.25, 0.3) is 5.91 Å². The monoisotopic (exact) mass is 368 g/mol. The highest BCUT2D eigenvalue weighted by Crippen LogP contribution is 2.05. The van der Waals surface area contributed by atoms with E-state index in [2.05, 4.69) is 15.0 Å². The summed E-state index contributed by atoms with van der Waals surface area (Å²) in [6.07, 6.45) is 5.96. The van der Waals surface area contributed by atoms with Crippen molar-refractivity contribution in [1.29, 1.82) is 0 Å². The van der Waals surface area contributed by atoms with Crippen LogP contribution in [0.15, 0.2) is 59.4 Å². The number of nitrogens with zero attached hydrogens (tertiary/aromatic N) is 4. The van der Waals surface area contributed by atoms with E-state index in [1.807, 2.05) is 47.3 Å². The average Bonchev–Trinajstić information content (AvgIpc) is 3.09. The fourth-order valence-electron chi connectivity index (χ4n) is 2.14. The number of aromatic nitrogens is 3. The van der Waals surface area contributed by atoms with Gasteiger partial charge in [-0.25, -0.2) is 9.78 Å². The molecule has 8 heteroatoms. The molecule has 0 radical (unpaired) electrons. The molecular formula is C18H16N4O3S. The van der Waals surface area contributed by atoms with E-state index in [9.17, 15) is 9.59 Å². The van der Waals surface area contributed by atoms with Crippen LogP contribution in [0.5, 0.6) is 0 Å². The molecule has 0 saturated heterocycles.